The quantitative estimate of drug-likeness (QED) is 0.906. The molecule has 2 rings (SSSR count). The molecule has 0 amide bonds. The maximum absolute atomic E-state index is 5.70. The van der Waals surface area contributed by atoms with Crippen molar-refractivity contribution in [3.05, 3.63) is 40.8 Å². The molecule has 15 heavy (non-hydrogen) atoms. The third-order valence-corrected chi connectivity index (χ3v) is 2.84. The summed E-state index contributed by atoms with van der Waals surface area (Å²) in [5, 5.41) is 0. The summed E-state index contributed by atoms with van der Waals surface area (Å²) in [6.45, 7) is 0.498. The monoisotopic (exact) mass is 265 g/mol. The molecule has 0 unspecified atom stereocenters. The van der Waals surface area contributed by atoms with Gasteiger partial charge < -0.3 is 10.3 Å². The number of imidazole rings is 1. The van der Waals surface area contributed by atoms with Crippen molar-refractivity contribution in [3.8, 4) is 11.3 Å². The van der Waals surface area contributed by atoms with Gasteiger partial charge in [-0.3, -0.25) is 0 Å². The van der Waals surface area contributed by atoms with Crippen LogP contribution in [0.4, 0.5) is 0 Å². The minimum atomic E-state index is 0.498. The van der Waals surface area contributed by atoms with E-state index in [1.165, 1.54) is 0 Å². The predicted octanol–water partition coefficient (Wildman–Crippen LogP) is 2.31. The number of hydrogen-bond acceptors (Lipinski definition) is 2. The van der Waals surface area contributed by atoms with Crippen LogP contribution in [0.2, 0.25) is 0 Å². The molecule has 2 aromatic rings. The van der Waals surface area contributed by atoms with Crippen LogP contribution in [0.3, 0.4) is 0 Å². The van der Waals surface area contributed by atoms with E-state index in [9.17, 15) is 0 Å². The van der Waals surface area contributed by atoms with Crippen LogP contribution in [0.15, 0.2) is 35.1 Å². The van der Waals surface area contributed by atoms with Crippen molar-refractivity contribution in [1.82, 2.24) is 9.55 Å². The average molecular weight is 266 g/mol. The van der Waals surface area contributed by atoms with Crippen LogP contribution in [0.5, 0.6) is 0 Å². The summed E-state index contributed by atoms with van der Waals surface area (Å²) in [6, 6.07) is 8.07. The molecule has 0 aliphatic carbocycles. The molecule has 0 aliphatic rings. The molecule has 0 saturated carbocycles. The Balaban J connectivity index is 2.54. The first-order valence-electron chi connectivity index (χ1n) is 4.68. The number of rotatable bonds is 2. The molecular weight excluding hydrogens is 254 g/mol. The zero-order valence-corrected chi connectivity index (χ0v) is 10.0. The number of benzene rings is 1. The topological polar surface area (TPSA) is 43.8 Å². The zero-order valence-electron chi connectivity index (χ0n) is 8.44. The SMILES string of the molecule is Cn1cnc(-c2cccc(Br)c2)c1CN. The first-order chi connectivity index (χ1) is 7.22. The highest BCUT2D eigenvalue weighted by molar-refractivity contribution is 9.10. The smallest absolute Gasteiger partial charge is 0.0953 e. The Morgan fingerprint density at radius 1 is 1.47 bits per heavy atom. The first kappa shape index (κ1) is 10.4. The van der Waals surface area contributed by atoms with Crippen LogP contribution in [0.1, 0.15) is 5.69 Å². The molecule has 1 aromatic heterocycles. The second-order valence-electron chi connectivity index (χ2n) is 3.37. The summed E-state index contributed by atoms with van der Waals surface area (Å²) in [7, 11) is 1.96. The van der Waals surface area contributed by atoms with Gasteiger partial charge in [0.05, 0.1) is 17.7 Å². The molecule has 78 valence electrons. The Kier molecular flexibility index (Phi) is 2.88. The van der Waals surface area contributed by atoms with E-state index in [1.807, 2.05) is 35.9 Å². The predicted molar refractivity (Wildman–Crippen MR) is 64.2 cm³/mol. The van der Waals surface area contributed by atoms with E-state index in [2.05, 4.69) is 20.9 Å². The van der Waals surface area contributed by atoms with Gasteiger partial charge in [-0.05, 0) is 12.1 Å². The van der Waals surface area contributed by atoms with Crippen molar-refractivity contribution in [2.45, 2.75) is 6.54 Å². The minimum Gasteiger partial charge on any atom is -0.336 e. The summed E-state index contributed by atoms with van der Waals surface area (Å²) >= 11 is 3.45. The summed E-state index contributed by atoms with van der Waals surface area (Å²) in [5.74, 6) is 0. The van der Waals surface area contributed by atoms with Gasteiger partial charge in [0.2, 0.25) is 0 Å². The van der Waals surface area contributed by atoms with Crippen LogP contribution in [0.25, 0.3) is 11.3 Å². The van der Waals surface area contributed by atoms with Gasteiger partial charge in [0, 0.05) is 23.6 Å². The molecule has 0 radical (unpaired) electrons. The third kappa shape index (κ3) is 1.96. The highest BCUT2D eigenvalue weighted by Crippen LogP contribution is 2.24. The van der Waals surface area contributed by atoms with Crippen molar-refractivity contribution in [3.63, 3.8) is 0 Å². The highest BCUT2D eigenvalue weighted by Gasteiger charge is 2.09. The number of aryl methyl sites for hydroxylation is 1. The lowest BCUT2D eigenvalue weighted by Crippen LogP contribution is -2.04. The fourth-order valence-corrected chi connectivity index (χ4v) is 1.97. The molecule has 0 aliphatic heterocycles. The molecule has 2 N–H and O–H groups in total. The van der Waals surface area contributed by atoms with Gasteiger partial charge in [-0.2, -0.15) is 0 Å². The van der Waals surface area contributed by atoms with E-state index < -0.39 is 0 Å². The molecule has 1 aromatic carbocycles. The number of halogens is 1. The van der Waals surface area contributed by atoms with Crippen molar-refractivity contribution < 1.29 is 0 Å². The lowest BCUT2D eigenvalue weighted by Gasteiger charge is -2.03. The Bertz CT molecular complexity index is 476. The molecule has 0 saturated heterocycles. The lowest BCUT2D eigenvalue weighted by molar-refractivity contribution is 0.822. The lowest BCUT2D eigenvalue weighted by atomic mass is 10.1. The van der Waals surface area contributed by atoms with E-state index in [0.29, 0.717) is 6.54 Å². The van der Waals surface area contributed by atoms with E-state index in [0.717, 1.165) is 21.4 Å². The summed E-state index contributed by atoms with van der Waals surface area (Å²) in [6.07, 6.45) is 1.79. The Morgan fingerprint density at radius 3 is 2.93 bits per heavy atom. The molecule has 4 heteroatoms. The van der Waals surface area contributed by atoms with Gasteiger partial charge in [0.15, 0.2) is 0 Å². The fourth-order valence-electron chi connectivity index (χ4n) is 1.57. The maximum atomic E-state index is 5.70. The molecular formula is C11H12BrN3. The first-order valence-corrected chi connectivity index (χ1v) is 5.48. The molecule has 3 nitrogen and oxygen atoms in total. The molecule has 0 atom stereocenters. The van der Waals surface area contributed by atoms with E-state index in [-0.39, 0.29) is 0 Å². The molecule has 1 heterocycles. The second kappa shape index (κ2) is 4.16. The fraction of sp³-hybridized carbons (Fsp3) is 0.182. The van der Waals surface area contributed by atoms with E-state index in [4.69, 9.17) is 5.73 Å². The van der Waals surface area contributed by atoms with Gasteiger partial charge in [0.25, 0.3) is 0 Å². The molecule has 0 fully saturated rings. The van der Waals surface area contributed by atoms with Gasteiger partial charge in [-0.15, -0.1) is 0 Å². The Labute approximate surface area is 97.1 Å². The molecule has 0 bridgehead atoms. The van der Waals surface area contributed by atoms with Crippen LogP contribution in [0, 0.1) is 0 Å². The van der Waals surface area contributed by atoms with Gasteiger partial charge in [0.1, 0.15) is 0 Å². The maximum Gasteiger partial charge on any atom is 0.0953 e. The highest BCUT2D eigenvalue weighted by atomic mass is 79.9. The zero-order chi connectivity index (χ0) is 10.8. The van der Waals surface area contributed by atoms with E-state index >= 15 is 0 Å². The Hall–Kier alpha value is -1.13. The summed E-state index contributed by atoms with van der Waals surface area (Å²) in [4.78, 5) is 4.36. The second-order valence-corrected chi connectivity index (χ2v) is 4.28. The standard InChI is InChI=1S/C11H12BrN3/c1-15-7-14-11(10(15)6-13)8-3-2-4-9(12)5-8/h2-5,7H,6,13H2,1H3. The van der Waals surface area contributed by atoms with Crippen molar-refractivity contribution in [2.75, 3.05) is 0 Å². The largest absolute Gasteiger partial charge is 0.336 e. The van der Waals surface area contributed by atoms with Crippen LogP contribution < -0.4 is 5.73 Å². The van der Waals surface area contributed by atoms with Gasteiger partial charge in [-0.1, -0.05) is 28.1 Å². The minimum absolute atomic E-state index is 0.498. The molecule has 0 spiro atoms. The Morgan fingerprint density at radius 2 is 2.27 bits per heavy atom. The van der Waals surface area contributed by atoms with Crippen LogP contribution in [-0.4, -0.2) is 9.55 Å². The number of nitrogens with two attached hydrogens (primary N) is 1. The summed E-state index contributed by atoms with van der Waals surface area (Å²) in [5.41, 5.74) is 8.80. The normalized spacial score (nSPS) is 10.6. The van der Waals surface area contributed by atoms with Crippen molar-refractivity contribution in [1.29, 1.82) is 0 Å². The summed E-state index contributed by atoms with van der Waals surface area (Å²) < 4.78 is 3.00. The van der Waals surface area contributed by atoms with Crippen LogP contribution in [-0.2, 0) is 13.6 Å². The van der Waals surface area contributed by atoms with Gasteiger partial charge in [-0.25, -0.2) is 4.98 Å². The number of hydrogen-bond donors (Lipinski definition) is 1. The number of nitrogens with zero attached hydrogens (tertiary/aromatic N) is 2. The van der Waals surface area contributed by atoms with Crippen molar-refractivity contribution >= 4 is 15.9 Å². The van der Waals surface area contributed by atoms with Crippen molar-refractivity contribution in [2.24, 2.45) is 12.8 Å². The third-order valence-electron chi connectivity index (χ3n) is 2.35. The van der Waals surface area contributed by atoms with Crippen LogP contribution >= 0.6 is 15.9 Å². The number of aromatic nitrogens is 2. The van der Waals surface area contributed by atoms with E-state index in [1.54, 1.807) is 6.33 Å². The average Bonchev–Trinajstić information content (AvgIpc) is 2.59. The van der Waals surface area contributed by atoms with Gasteiger partial charge >= 0.3 is 0 Å².